The van der Waals surface area contributed by atoms with Crippen LogP contribution in [-0.4, -0.2) is 18.5 Å². The van der Waals surface area contributed by atoms with Crippen molar-refractivity contribution in [3.8, 4) is 0 Å². The molecule has 0 saturated carbocycles. The molecule has 1 aliphatic rings. The van der Waals surface area contributed by atoms with Crippen LogP contribution in [-0.2, 0) is 16.2 Å². The van der Waals surface area contributed by atoms with E-state index in [9.17, 15) is 4.79 Å². The molecule has 2 atom stereocenters. The van der Waals surface area contributed by atoms with E-state index in [1.165, 1.54) is 0 Å². The van der Waals surface area contributed by atoms with E-state index < -0.39 is 0 Å². The van der Waals surface area contributed by atoms with Crippen molar-refractivity contribution in [2.75, 3.05) is 6.54 Å². The second-order valence-corrected chi connectivity index (χ2v) is 5.05. The third kappa shape index (κ3) is 4.33. The average Bonchev–Trinajstić information content (AvgIpc) is 2.48. The molecule has 104 valence electrons. The molecule has 2 rings (SSSR count). The number of hydrogen-bond donors (Lipinski definition) is 2. The summed E-state index contributed by atoms with van der Waals surface area (Å²) in [6, 6.07) is 9.69. The minimum absolute atomic E-state index is 0.0610. The van der Waals surface area contributed by atoms with Crippen LogP contribution in [0.15, 0.2) is 30.3 Å². The van der Waals surface area contributed by atoms with Crippen molar-refractivity contribution in [1.82, 2.24) is 10.8 Å². The molecule has 0 spiro atoms. The molecule has 1 amide bonds. The molecule has 4 heteroatoms. The van der Waals surface area contributed by atoms with Crippen molar-refractivity contribution in [2.24, 2.45) is 5.92 Å². The minimum Gasteiger partial charge on any atom is -0.306 e. The standard InChI is InChI=1S/C15H22N2O2/c1-2-12-8-9-16-14(10-12)15(18)17-19-11-13-6-4-3-5-7-13/h3-7,12,14,16H,2,8-11H2,1H3,(H,17,18). The average molecular weight is 262 g/mol. The maximum absolute atomic E-state index is 12.0. The molecule has 1 aliphatic heterocycles. The largest absolute Gasteiger partial charge is 0.306 e. The van der Waals surface area contributed by atoms with Gasteiger partial charge in [0.15, 0.2) is 0 Å². The van der Waals surface area contributed by atoms with Gasteiger partial charge >= 0.3 is 0 Å². The summed E-state index contributed by atoms with van der Waals surface area (Å²) in [4.78, 5) is 17.2. The molecule has 4 nitrogen and oxygen atoms in total. The second-order valence-electron chi connectivity index (χ2n) is 5.05. The number of nitrogens with one attached hydrogen (secondary N) is 2. The van der Waals surface area contributed by atoms with Crippen LogP contribution in [0.4, 0.5) is 0 Å². The van der Waals surface area contributed by atoms with Crippen LogP contribution in [0.25, 0.3) is 0 Å². The van der Waals surface area contributed by atoms with Gasteiger partial charge in [-0.25, -0.2) is 5.48 Å². The van der Waals surface area contributed by atoms with Gasteiger partial charge in [0.05, 0.1) is 12.6 Å². The number of carbonyl (C=O) groups excluding carboxylic acids is 1. The number of amides is 1. The van der Waals surface area contributed by atoms with E-state index >= 15 is 0 Å². The third-order valence-electron chi connectivity index (χ3n) is 3.66. The smallest absolute Gasteiger partial charge is 0.260 e. The first-order valence-corrected chi connectivity index (χ1v) is 6.98. The Morgan fingerprint density at radius 3 is 2.95 bits per heavy atom. The van der Waals surface area contributed by atoms with Gasteiger partial charge in [0, 0.05) is 0 Å². The van der Waals surface area contributed by atoms with E-state index in [1.807, 2.05) is 30.3 Å². The predicted molar refractivity (Wildman–Crippen MR) is 74.2 cm³/mol. The van der Waals surface area contributed by atoms with Gasteiger partial charge in [-0.15, -0.1) is 0 Å². The molecule has 2 N–H and O–H groups in total. The molecule has 1 fully saturated rings. The summed E-state index contributed by atoms with van der Waals surface area (Å²) in [7, 11) is 0. The van der Waals surface area contributed by atoms with E-state index in [2.05, 4.69) is 17.7 Å². The monoisotopic (exact) mass is 262 g/mol. The predicted octanol–water partition coefficient (Wildman–Crippen LogP) is 2.01. The summed E-state index contributed by atoms with van der Waals surface area (Å²) >= 11 is 0. The summed E-state index contributed by atoms with van der Waals surface area (Å²) in [5, 5.41) is 3.24. The Morgan fingerprint density at radius 1 is 1.42 bits per heavy atom. The zero-order valence-electron chi connectivity index (χ0n) is 11.4. The highest BCUT2D eigenvalue weighted by Crippen LogP contribution is 2.19. The molecule has 0 aliphatic carbocycles. The van der Waals surface area contributed by atoms with Gasteiger partial charge in [0.2, 0.25) is 0 Å². The van der Waals surface area contributed by atoms with Crippen molar-refractivity contribution in [3.05, 3.63) is 35.9 Å². The highest BCUT2D eigenvalue weighted by molar-refractivity contribution is 5.80. The summed E-state index contributed by atoms with van der Waals surface area (Å²) in [5.41, 5.74) is 3.59. The summed E-state index contributed by atoms with van der Waals surface area (Å²) in [5.74, 6) is 0.584. The normalized spacial score (nSPS) is 23.0. The highest BCUT2D eigenvalue weighted by Gasteiger charge is 2.25. The van der Waals surface area contributed by atoms with Gasteiger partial charge in [-0.1, -0.05) is 43.7 Å². The quantitative estimate of drug-likeness (QED) is 0.798. The van der Waals surface area contributed by atoms with E-state index in [1.54, 1.807) is 0 Å². The molecule has 1 saturated heterocycles. The van der Waals surface area contributed by atoms with Crippen LogP contribution in [0.2, 0.25) is 0 Å². The maximum atomic E-state index is 12.0. The number of hydroxylamine groups is 1. The zero-order chi connectivity index (χ0) is 13.5. The van der Waals surface area contributed by atoms with Crippen LogP contribution in [0.5, 0.6) is 0 Å². The lowest BCUT2D eigenvalue weighted by Gasteiger charge is -2.28. The number of benzene rings is 1. The van der Waals surface area contributed by atoms with Gasteiger partial charge in [-0.05, 0) is 30.9 Å². The number of rotatable bonds is 5. The number of hydrogen-bond acceptors (Lipinski definition) is 3. The molecule has 1 aromatic carbocycles. The van der Waals surface area contributed by atoms with E-state index in [0.717, 1.165) is 31.4 Å². The highest BCUT2D eigenvalue weighted by atomic mass is 16.6. The van der Waals surface area contributed by atoms with Crippen molar-refractivity contribution in [3.63, 3.8) is 0 Å². The molecule has 0 bridgehead atoms. The molecular weight excluding hydrogens is 240 g/mol. The van der Waals surface area contributed by atoms with E-state index in [-0.39, 0.29) is 11.9 Å². The van der Waals surface area contributed by atoms with Gasteiger partial charge < -0.3 is 5.32 Å². The fraction of sp³-hybridized carbons (Fsp3) is 0.533. The Kier molecular flexibility index (Phi) is 5.36. The second kappa shape index (κ2) is 7.26. The minimum atomic E-state index is -0.116. The lowest BCUT2D eigenvalue weighted by molar-refractivity contribution is -0.137. The Labute approximate surface area is 114 Å². The number of piperidine rings is 1. The van der Waals surface area contributed by atoms with E-state index in [4.69, 9.17) is 4.84 Å². The Morgan fingerprint density at radius 2 is 2.21 bits per heavy atom. The van der Waals surface area contributed by atoms with Crippen LogP contribution >= 0.6 is 0 Å². The SMILES string of the molecule is CCC1CCNC(C(=O)NOCc2ccccc2)C1. The molecule has 2 unspecified atom stereocenters. The molecule has 1 aromatic rings. The van der Waals surface area contributed by atoms with Gasteiger partial charge in [-0.3, -0.25) is 9.63 Å². The fourth-order valence-corrected chi connectivity index (χ4v) is 2.40. The third-order valence-corrected chi connectivity index (χ3v) is 3.66. The maximum Gasteiger partial charge on any atom is 0.260 e. The Bertz CT molecular complexity index is 394. The van der Waals surface area contributed by atoms with Crippen LogP contribution in [0, 0.1) is 5.92 Å². The molecular formula is C15H22N2O2. The Hall–Kier alpha value is -1.39. The molecule has 0 aromatic heterocycles. The summed E-state index contributed by atoms with van der Waals surface area (Å²) in [6.45, 7) is 3.49. The fourth-order valence-electron chi connectivity index (χ4n) is 2.40. The van der Waals surface area contributed by atoms with Crippen molar-refractivity contribution < 1.29 is 9.63 Å². The van der Waals surface area contributed by atoms with Crippen LogP contribution in [0.3, 0.4) is 0 Å². The Balaban J connectivity index is 1.72. The van der Waals surface area contributed by atoms with Crippen molar-refractivity contribution >= 4 is 5.91 Å². The first kappa shape index (κ1) is 14.0. The lowest BCUT2D eigenvalue weighted by Crippen LogP contribution is -2.48. The topological polar surface area (TPSA) is 50.4 Å². The van der Waals surface area contributed by atoms with Gasteiger partial charge in [0.25, 0.3) is 5.91 Å². The van der Waals surface area contributed by atoms with Crippen LogP contribution in [0.1, 0.15) is 31.7 Å². The lowest BCUT2D eigenvalue weighted by atomic mass is 9.90. The molecule has 0 radical (unpaired) electrons. The first-order valence-electron chi connectivity index (χ1n) is 6.98. The van der Waals surface area contributed by atoms with E-state index in [0.29, 0.717) is 12.5 Å². The van der Waals surface area contributed by atoms with Gasteiger partial charge in [-0.2, -0.15) is 0 Å². The van der Waals surface area contributed by atoms with Crippen molar-refractivity contribution in [2.45, 2.75) is 38.8 Å². The van der Waals surface area contributed by atoms with Crippen LogP contribution < -0.4 is 10.8 Å². The zero-order valence-corrected chi connectivity index (χ0v) is 11.4. The summed E-state index contributed by atoms with van der Waals surface area (Å²) in [6.07, 6.45) is 3.19. The summed E-state index contributed by atoms with van der Waals surface area (Å²) < 4.78 is 0. The van der Waals surface area contributed by atoms with Gasteiger partial charge in [0.1, 0.15) is 0 Å². The number of carbonyl (C=O) groups is 1. The van der Waals surface area contributed by atoms with Crippen molar-refractivity contribution in [1.29, 1.82) is 0 Å². The first-order chi connectivity index (χ1) is 9.29. The molecule has 19 heavy (non-hydrogen) atoms. The molecule has 1 heterocycles.